The van der Waals surface area contributed by atoms with E-state index < -0.39 is 0 Å². The second-order valence-corrected chi connectivity index (χ2v) is 6.69. The molecule has 7 heteroatoms. The van der Waals surface area contributed by atoms with Gasteiger partial charge in [0.2, 0.25) is 5.89 Å². The van der Waals surface area contributed by atoms with Crippen molar-refractivity contribution in [3.63, 3.8) is 0 Å². The minimum Gasteiger partial charge on any atom is -0.444 e. The van der Waals surface area contributed by atoms with Crippen LogP contribution in [0.3, 0.4) is 0 Å². The number of amides is 1. The Morgan fingerprint density at radius 2 is 1.72 bits per heavy atom. The van der Waals surface area contributed by atoms with Crippen molar-refractivity contribution in [3.05, 3.63) is 77.7 Å². The number of aromatic nitrogens is 1. The molecular weight excluding hydrogens is 366 g/mol. The molecule has 0 atom stereocenters. The Morgan fingerprint density at radius 1 is 1.03 bits per heavy atom. The van der Waals surface area contributed by atoms with Gasteiger partial charge in [0.25, 0.3) is 5.91 Å². The number of guanidine groups is 1. The molecule has 2 aromatic carbocycles. The predicted molar refractivity (Wildman–Crippen MR) is 113 cm³/mol. The van der Waals surface area contributed by atoms with Gasteiger partial charge < -0.3 is 20.0 Å². The molecule has 0 aliphatic heterocycles. The highest BCUT2D eigenvalue weighted by atomic mass is 16.3. The van der Waals surface area contributed by atoms with Crippen molar-refractivity contribution in [2.45, 2.75) is 13.1 Å². The lowest BCUT2D eigenvalue weighted by molar-refractivity contribution is 0.0827. The third-order valence-electron chi connectivity index (χ3n) is 4.30. The van der Waals surface area contributed by atoms with Crippen molar-refractivity contribution in [2.24, 2.45) is 4.99 Å². The van der Waals surface area contributed by atoms with Crippen LogP contribution in [0, 0.1) is 0 Å². The summed E-state index contributed by atoms with van der Waals surface area (Å²) < 4.78 is 5.55. The summed E-state index contributed by atoms with van der Waals surface area (Å²) >= 11 is 0. The second kappa shape index (κ2) is 9.54. The summed E-state index contributed by atoms with van der Waals surface area (Å²) in [4.78, 5) is 22.2. The summed E-state index contributed by atoms with van der Waals surface area (Å²) in [6, 6.07) is 17.3. The maximum atomic E-state index is 11.9. The zero-order chi connectivity index (χ0) is 20.6. The molecule has 0 spiro atoms. The Kier molecular flexibility index (Phi) is 6.63. The molecule has 1 amide bonds. The lowest BCUT2D eigenvalue weighted by Gasteiger charge is -2.12. The Hall–Kier alpha value is -3.61. The highest BCUT2D eigenvalue weighted by Crippen LogP contribution is 2.17. The van der Waals surface area contributed by atoms with Gasteiger partial charge in [-0.05, 0) is 29.8 Å². The van der Waals surface area contributed by atoms with E-state index in [4.69, 9.17) is 4.42 Å². The average molecular weight is 391 g/mol. The first-order chi connectivity index (χ1) is 14.1. The van der Waals surface area contributed by atoms with Gasteiger partial charge in [0.05, 0.1) is 12.2 Å². The molecule has 0 aliphatic carbocycles. The smallest absolute Gasteiger partial charge is 0.253 e. The van der Waals surface area contributed by atoms with Crippen LogP contribution in [0.25, 0.3) is 11.5 Å². The molecule has 7 nitrogen and oxygen atoms in total. The Bertz CT molecular complexity index is 962. The number of nitrogens with one attached hydrogen (secondary N) is 2. The number of nitrogens with zero attached hydrogens (tertiary/aromatic N) is 3. The standard InChI is InChI=1S/C22H25N5O2/c1-23-22(24-13-16-9-11-18(12-10-16)21(28)27(2)3)25-14-19-15-29-20(26-19)17-7-5-4-6-8-17/h4-12,15H,13-14H2,1-3H3,(H2,23,24,25). The summed E-state index contributed by atoms with van der Waals surface area (Å²) in [5.41, 5.74) is 3.45. The summed E-state index contributed by atoms with van der Waals surface area (Å²) in [5, 5.41) is 6.47. The number of aliphatic imine (C=N–C) groups is 1. The van der Waals surface area contributed by atoms with Crippen LogP contribution < -0.4 is 10.6 Å². The first-order valence-corrected chi connectivity index (χ1v) is 9.31. The molecule has 0 saturated heterocycles. The van der Waals surface area contributed by atoms with Crippen LogP contribution in [0.1, 0.15) is 21.6 Å². The molecule has 0 saturated carbocycles. The zero-order valence-electron chi connectivity index (χ0n) is 16.8. The van der Waals surface area contributed by atoms with E-state index in [-0.39, 0.29) is 5.91 Å². The Balaban J connectivity index is 1.51. The van der Waals surface area contributed by atoms with Gasteiger partial charge in [0.15, 0.2) is 5.96 Å². The molecular formula is C22H25N5O2. The first-order valence-electron chi connectivity index (χ1n) is 9.31. The van der Waals surface area contributed by atoms with Crippen molar-refractivity contribution >= 4 is 11.9 Å². The molecule has 0 unspecified atom stereocenters. The average Bonchev–Trinajstić information content (AvgIpc) is 3.23. The molecule has 0 radical (unpaired) electrons. The van der Waals surface area contributed by atoms with Gasteiger partial charge in [-0.15, -0.1) is 0 Å². The third kappa shape index (κ3) is 5.44. The van der Waals surface area contributed by atoms with E-state index >= 15 is 0 Å². The number of hydrogen-bond donors (Lipinski definition) is 2. The maximum absolute atomic E-state index is 11.9. The highest BCUT2D eigenvalue weighted by molar-refractivity contribution is 5.93. The van der Waals surface area contributed by atoms with Gasteiger partial charge in [0, 0.05) is 38.8 Å². The SMILES string of the molecule is CN=C(NCc1ccc(C(=O)N(C)C)cc1)NCc1coc(-c2ccccc2)n1. The molecule has 150 valence electrons. The van der Waals surface area contributed by atoms with Crippen LogP contribution in [-0.2, 0) is 13.1 Å². The molecule has 29 heavy (non-hydrogen) atoms. The fourth-order valence-corrected chi connectivity index (χ4v) is 2.71. The number of benzene rings is 2. The third-order valence-corrected chi connectivity index (χ3v) is 4.30. The molecule has 0 fully saturated rings. The highest BCUT2D eigenvalue weighted by Gasteiger charge is 2.08. The monoisotopic (exact) mass is 391 g/mol. The number of oxazole rings is 1. The molecule has 3 aromatic rings. The summed E-state index contributed by atoms with van der Waals surface area (Å²) in [6.07, 6.45) is 1.64. The molecule has 0 aliphatic rings. The van der Waals surface area contributed by atoms with Crippen LogP contribution in [0.4, 0.5) is 0 Å². The summed E-state index contributed by atoms with van der Waals surface area (Å²) in [5.74, 6) is 1.24. The molecule has 1 heterocycles. The van der Waals surface area contributed by atoms with Crippen LogP contribution in [0.15, 0.2) is 70.3 Å². The van der Waals surface area contributed by atoms with E-state index in [1.807, 2.05) is 54.6 Å². The van der Waals surface area contributed by atoms with Gasteiger partial charge >= 0.3 is 0 Å². The number of hydrogen-bond acceptors (Lipinski definition) is 4. The van der Waals surface area contributed by atoms with E-state index in [0.29, 0.717) is 30.5 Å². The molecule has 3 rings (SSSR count). The first kappa shape index (κ1) is 20.1. The maximum Gasteiger partial charge on any atom is 0.253 e. The van der Waals surface area contributed by atoms with Gasteiger partial charge in [-0.2, -0.15) is 0 Å². The van der Waals surface area contributed by atoms with Crippen molar-refractivity contribution < 1.29 is 9.21 Å². The largest absolute Gasteiger partial charge is 0.444 e. The predicted octanol–water partition coefficient (Wildman–Crippen LogP) is 2.91. The number of rotatable bonds is 6. The van der Waals surface area contributed by atoms with E-state index in [2.05, 4.69) is 20.6 Å². The fraction of sp³-hybridized carbons (Fsp3) is 0.227. The molecule has 0 bridgehead atoms. The van der Waals surface area contributed by atoms with Crippen LogP contribution in [0.5, 0.6) is 0 Å². The van der Waals surface area contributed by atoms with Crippen molar-refractivity contribution in [1.82, 2.24) is 20.5 Å². The van der Waals surface area contributed by atoms with Crippen molar-refractivity contribution in [3.8, 4) is 11.5 Å². The van der Waals surface area contributed by atoms with Crippen molar-refractivity contribution in [1.29, 1.82) is 0 Å². The van der Waals surface area contributed by atoms with Gasteiger partial charge in [-0.3, -0.25) is 9.79 Å². The normalized spacial score (nSPS) is 11.2. The summed E-state index contributed by atoms with van der Waals surface area (Å²) in [6.45, 7) is 1.08. The summed E-state index contributed by atoms with van der Waals surface area (Å²) in [7, 11) is 5.20. The van der Waals surface area contributed by atoms with E-state index in [0.717, 1.165) is 16.8 Å². The van der Waals surface area contributed by atoms with E-state index in [1.54, 1.807) is 32.3 Å². The van der Waals surface area contributed by atoms with Crippen LogP contribution in [0.2, 0.25) is 0 Å². The second-order valence-electron chi connectivity index (χ2n) is 6.69. The molecule has 1 aromatic heterocycles. The number of carbonyl (C=O) groups is 1. The minimum atomic E-state index is -0.00975. The topological polar surface area (TPSA) is 82.8 Å². The molecule has 2 N–H and O–H groups in total. The van der Waals surface area contributed by atoms with Crippen LogP contribution in [-0.4, -0.2) is 42.9 Å². The zero-order valence-corrected chi connectivity index (χ0v) is 16.8. The fourth-order valence-electron chi connectivity index (χ4n) is 2.71. The van der Waals surface area contributed by atoms with Crippen LogP contribution >= 0.6 is 0 Å². The van der Waals surface area contributed by atoms with Crippen molar-refractivity contribution in [2.75, 3.05) is 21.1 Å². The number of carbonyl (C=O) groups excluding carboxylic acids is 1. The quantitative estimate of drug-likeness (QED) is 0.499. The Morgan fingerprint density at radius 3 is 2.38 bits per heavy atom. The van der Waals surface area contributed by atoms with Gasteiger partial charge in [0.1, 0.15) is 6.26 Å². The lowest BCUT2D eigenvalue weighted by Crippen LogP contribution is -2.36. The lowest BCUT2D eigenvalue weighted by atomic mass is 10.1. The van der Waals surface area contributed by atoms with Gasteiger partial charge in [-0.25, -0.2) is 4.98 Å². The van der Waals surface area contributed by atoms with E-state index in [9.17, 15) is 4.79 Å². The Labute approximate surface area is 170 Å². The van der Waals surface area contributed by atoms with E-state index in [1.165, 1.54) is 0 Å². The van der Waals surface area contributed by atoms with Gasteiger partial charge in [-0.1, -0.05) is 30.3 Å². The minimum absolute atomic E-state index is 0.00975.